The Balaban J connectivity index is 1.56. The van der Waals surface area contributed by atoms with Gasteiger partial charge in [-0.2, -0.15) is 0 Å². The molecule has 0 saturated carbocycles. The second-order valence-electron chi connectivity index (χ2n) is 6.48. The van der Waals surface area contributed by atoms with E-state index in [-0.39, 0.29) is 11.8 Å². The number of carbonyl (C=O) groups excluding carboxylic acids is 1. The summed E-state index contributed by atoms with van der Waals surface area (Å²) in [6.07, 6.45) is 0.866. The van der Waals surface area contributed by atoms with E-state index in [2.05, 4.69) is 5.32 Å². The lowest BCUT2D eigenvalue weighted by Gasteiger charge is -2.19. The number of carbonyl (C=O) groups is 1. The van der Waals surface area contributed by atoms with Crippen molar-refractivity contribution in [2.75, 3.05) is 38.8 Å². The van der Waals surface area contributed by atoms with Gasteiger partial charge in [0.15, 0.2) is 23.1 Å². The van der Waals surface area contributed by atoms with Gasteiger partial charge < -0.3 is 19.7 Å². The number of anilines is 1. The number of nitrogens with zero attached hydrogens (tertiary/aromatic N) is 1. The molecule has 1 atom stereocenters. The maximum Gasteiger partial charge on any atom is 0.251 e. The lowest BCUT2D eigenvalue weighted by atomic mass is 10.1. The number of rotatable bonds is 6. The highest BCUT2D eigenvalue weighted by Gasteiger charge is 2.24. The predicted octanol–water partition coefficient (Wildman–Crippen LogP) is 3.24. The van der Waals surface area contributed by atoms with E-state index >= 15 is 0 Å². The first-order chi connectivity index (χ1) is 13.0. The molecule has 0 aliphatic carbocycles. The van der Waals surface area contributed by atoms with Gasteiger partial charge in [-0.15, -0.1) is 0 Å². The quantitative estimate of drug-likeness (QED) is 0.841. The van der Waals surface area contributed by atoms with Gasteiger partial charge in [-0.25, -0.2) is 8.78 Å². The minimum Gasteiger partial charge on any atom is -0.493 e. The van der Waals surface area contributed by atoms with Gasteiger partial charge in [0.25, 0.3) is 5.91 Å². The van der Waals surface area contributed by atoms with Gasteiger partial charge >= 0.3 is 0 Å². The van der Waals surface area contributed by atoms with Crippen LogP contribution in [0.3, 0.4) is 0 Å². The molecule has 0 spiro atoms. The van der Waals surface area contributed by atoms with Crippen LogP contribution in [0.4, 0.5) is 14.5 Å². The molecular formula is C20H22F2N2O3. The van der Waals surface area contributed by atoms with Crippen molar-refractivity contribution in [1.82, 2.24) is 5.32 Å². The van der Waals surface area contributed by atoms with Crippen molar-refractivity contribution in [2.45, 2.75) is 6.42 Å². The minimum atomic E-state index is -0.850. The van der Waals surface area contributed by atoms with Gasteiger partial charge in [0.1, 0.15) is 0 Å². The van der Waals surface area contributed by atoms with Crippen molar-refractivity contribution in [3.63, 3.8) is 0 Å². The van der Waals surface area contributed by atoms with Crippen molar-refractivity contribution in [3.05, 3.63) is 53.6 Å². The molecule has 27 heavy (non-hydrogen) atoms. The first kappa shape index (κ1) is 18.9. The van der Waals surface area contributed by atoms with Gasteiger partial charge in [0, 0.05) is 37.0 Å². The summed E-state index contributed by atoms with van der Waals surface area (Å²) in [4.78, 5) is 14.4. The molecule has 1 aliphatic rings. The molecular weight excluding hydrogens is 354 g/mol. The zero-order valence-corrected chi connectivity index (χ0v) is 15.3. The number of nitrogens with one attached hydrogen (secondary N) is 1. The highest BCUT2D eigenvalue weighted by atomic mass is 19.2. The zero-order valence-electron chi connectivity index (χ0n) is 15.3. The maximum absolute atomic E-state index is 13.4. The Morgan fingerprint density at radius 3 is 2.59 bits per heavy atom. The summed E-state index contributed by atoms with van der Waals surface area (Å²) in [7, 11) is 3.06. The first-order valence-corrected chi connectivity index (χ1v) is 8.72. The molecule has 1 unspecified atom stereocenters. The molecule has 2 aromatic rings. The van der Waals surface area contributed by atoms with Crippen LogP contribution in [0.2, 0.25) is 0 Å². The van der Waals surface area contributed by atoms with E-state index in [9.17, 15) is 13.6 Å². The monoisotopic (exact) mass is 376 g/mol. The molecule has 7 heteroatoms. The lowest BCUT2D eigenvalue weighted by Crippen LogP contribution is -2.31. The van der Waals surface area contributed by atoms with Crippen LogP contribution in [-0.2, 0) is 0 Å². The smallest absolute Gasteiger partial charge is 0.251 e. The number of benzene rings is 2. The van der Waals surface area contributed by atoms with E-state index in [4.69, 9.17) is 9.47 Å². The van der Waals surface area contributed by atoms with Crippen LogP contribution in [0, 0.1) is 17.6 Å². The Kier molecular flexibility index (Phi) is 5.78. The fourth-order valence-electron chi connectivity index (χ4n) is 3.23. The third-order valence-electron chi connectivity index (χ3n) is 4.75. The molecule has 1 aliphatic heterocycles. The van der Waals surface area contributed by atoms with E-state index in [1.807, 2.05) is 4.90 Å². The summed E-state index contributed by atoms with van der Waals surface area (Å²) < 4.78 is 36.9. The number of methoxy groups -OCH3 is 2. The summed E-state index contributed by atoms with van der Waals surface area (Å²) in [5, 5.41) is 2.93. The maximum atomic E-state index is 13.4. The van der Waals surface area contributed by atoms with Gasteiger partial charge in [-0.1, -0.05) is 0 Å². The predicted molar refractivity (Wildman–Crippen MR) is 98.6 cm³/mol. The number of amides is 1. The molecule has 1 fully saturated rings. The summed E-state index contributed by atoms with van der Waals surface area (Å²) in [6.45, 7) is 1.92. The van der Waals surface area contributed by atoms with Crippen LogP contribution in [-0.4, -0.2) is 39.8 Å². The molecule has 144 valence electrons. The third kappa shape index (κ3) is 4.30. The molecule has 1 amide bonds. The normalized spacial score (nSPS) is 16.3. The molecule has 2 aromatic carbocycles. The molecule has 5 nitrogen and oxygen atoms in total. The van der Waals surface area contributed by atoms with E-state index in [1.54, 1.807) is 24.3 Å². The SMILES string of the molecule is COc1ccc(C(=O)NCC2CCN(c3ccc(F)c(F)c3)C2)cc1OC. The second kappa shape index (κ2) is 8.24. The molecule has 3 rings (SSSR count). The van der Waals surface area contributed by atoms with Gasteiger partial charge in [-0.05, 0) is 42.7 Å². The van der Waals surface area contributed by atoms with Crippen LogP contribution in [0.1, 0.15) is 16.8 Å². The van der Waals surface area contributed by atoms with E-state index in [1.165, 1.54) is 20.3 Å². The molecule has 1 heterocycles. The van der Waals surface area contributed by atoms with Crippen LogP contribution in [0.5, 0.6) is 11.5 Å². The Morgan fingerprint density at radius 2 is 1.89 bits per heavy atom. The van der Waals surface area contributed by atoms with Crippen molar-refractivity contribution in [1.29, 1.82) is 0 Å². The van der Waals surface area contributed by atoms with E-state index in [0.717, 1.165) is 19.0 Å². The number of hydrogen-bond donors (Lipinski definition) is 1. The topological polar surface area (TPSA) is 50.8 Å². The minimum absolute atomic E-state index is 0.192. The Hall–Kier alpha value is -2.83. The fraction of sp³-hybridized carbons (Fsp3) is 0.350. The molecule has 1 N–H and O–H groups in total. The highest BCUT2D eigenvalue weighted by Crippen LogP contribution is 2.28. The van der Waals surface area contributed by atoms with Crippen LogP contribution < -0.4 is 19.7 Å². The molecule has 0 bridgehead atoms. The fourth-order valence-corrected chi connectivity index (χ4v) is 3.23. The van der Waals surface area contributed by atoms with E-state index < -0.39 is 11.6 Å². The van der Waals surface area contributed by atoms with Crippen molar-refractivity contribution in [3.8, 4) is 11.5 Å². The van der Waals surface area contributed by atoms with Gasteiger partial charge in [0.05, 0.1) is 14.2 Å². The summed E-state index contributed by atoms with van der Waals surface area (Å²) in [6, 6.07) is 8.92. The van der Waals surface area contributed by atoms with Crippen LogP contribution >= 0.6 is 0 Å². The number of halogens is 2. The second-order valence-corrected chi connectivity index (χ2v) is 6.48. The van der Waals surface area contributed by atoms with Crippen LogP contribution in [0.15, 0.2) is 36.4 Å². The molecule has 0 radical (unpaired) electrons. The van der Waals surface area contributed by atoms with Crippen molar-refractivity contribution in [2.24, 2.45) is 5.92 Å². The summed E-state index contributed by atoms with van der Waals surface area (Å²) in [5.74, 6) is -0.596. The van der Waals surface area contributed by atoms with Gasteiger partial charge in [0.2, 0.25) is 0 Å². The average molecular weight is 376 g/mol. The Bertz CT molecular complexity index is 829. The van der Waals surface area contributed by atoms with Gasteiger partial charge in [-0.3, -0.25) is 4.79 Å². The average Bonchev–Trinajstić information content (AvgIpc) is 3.16. The standard InChI is InChI=1S/C20H22F2N2O3/c1-26-18-6-3-14(9-19(18)27-2)20(25)23-11-13-7-8-24(12-13)15-4-5-16(21)17(22)10-15/h3-6,9-10,13H,7-8,11-12H2,1-2H3,(H,23,25). The van der Waals surface area contributed by atoms with Crippen LogP contribution in [0.25, 0.3) is 0 Å². The largest absolute Gasteiger partial charge is 0.493 e. The first-order valence-electron chi connectivity index (χ1n) is 8.72. The summed E-state index contributed by atoms with van der Waals surface area (Å²) in [5.41, 5.74) is 1.14. The number of hydrogen-bond acceptors (Lipinski definition) is 4. The van der Waals surface area contributed by atoms with Crippen molar-refractivity contribution < 1.29 is 23.0 Å². The molecule has 0 aromatic heterocycles. The number of ether oxygens (including phenoxy) is 2. The molecule has 1 saturated heterocycles. The third-order valence-corrected chi connectivity index (χ3v) is 4.75. The van der Waals surface area contributed by atoms with E-state index in [0.29, 0.717) is 35.8 Å². The van der Waals surface area contributed by atoms with Crippen molar-refractivity contribution >= 4 is 11.6 Å². The summed E-state index contributed by atoms with van der Waals surface area (Å²) >= 11 is 0. The zero-order chi connectivity index (χ0) is 19.4. The Labute approximate surface area is 156 Å². The highest BCUT2D eigenvalue weighted by molar-refractivity contribution is 5.94. The Morgan fingerprint density at radius 1 is 1.11 bits per heavy atom. The lowest BCUT2D eigenvalue weighted by molar-refractivity contribution is 0.0948.